The van der Waals surface area contributed by atoms with E-state index in [1.165, 1.54) is 12.1 Å². The van der Waals surface area contributed by atoms with Gasteiger partial charge in [-0.25, -0.2) is 4.79 Å². The zero-order valence-corrected chi connectivity index (χ0v) is 11.0. The summed E-state index contributed by atoms with van der Waals surface area (Å²) in [5, 5.41) is 20.7. The van der Waals surface area contributed by atoms with E-state index in [2.05, 4.69) is 5.32 Å². The minimum absolute atomic E-state index is 0.0253. The van der Waals surface area contributed by atoms with Crippen molar-refractivity contribution in [2.24, 2.45) is 11.7 Å². The monoisotopic (exact) mass is 278 g/mol. The average molecular weight is 278 g/mol. The predicted molar refractivity (Wildman–Crippen MR) is 72.1 cm³/mol. The first kappa shape index (κ1) is 14.3. The standard InChI is InChI=1S/C14H18N2O4/c15-11(7-8-1-5-10(17)6-2-8)13(18)16-12(14(19)20)9-3-4-9/h1-2,5-6,9,11-12,17H,3-4,7,15H2,(H,16,18)(H,19,20)/t11-,12?/m1/s1. The number of hydrogen-bond donors (Lipinski definition) is 4. The fraction of sp³-hybridized carbons (Fsp3) is 0.429. The summed E-state index contributed by atoms with van der Waals surface area (Å²) in [4.78, 5) is 23.0. The van der Waals surface area contributed by atoms with Crippen LogP contribution < -0.4 is 11.1 Å². The van der Waals surface area contributed by atoms with Crippen LogP contribution >= 0.6 is 0 Å². The number of amides is 1. The SMILES string of the molecule is N[C@H](Cc1ccc(O)cc1)C(=O)NC(C(=O)O)C1CC1. The highest BCUT2D eigenvalue weighted by molar-refractivity contribution is 5.87. The lowest BCUT2D eigenvalue weighted by atomic mass is 10.0. The van der Waals surface area contributed by atoms with Gasteiger partial charge in [-0.2, -0.15) is 0 Å². The van der Waals surface area contributed by atoms with E-state index in [1.807, 2.05) is 0 Å². The van der Waals surface area contributed by atoms with E-state index < -0.39 is 24.0 Å². The minimum atomic E-state index is -1.02. The normalized spacial score (nSPS) is 17.2. The summed E-state index contributed by atoms with van der Waals surface area (Å²) in [6.45, 7) is 0. The second-order valence-corrected chi connectivity index (χ2v) is 5.14. The highest BCUT2D eigenvalue weighted by Gasteiger charge is 2.37. The second-order valence-electron chi connectivity index (χ2n) is 5.14. The third kappa shape index (κ3) is 3.71. The molecule has 6 nitrogen and oxygen atoms in total. The molecule has 0 heterocycles. The average Bonchev–Trinajstić information content (AvgIpc) is 3.22. The molecule has 1 unspecified atom stereocenters. The van der Waals surface area contributed by atoms with Gasteiger partial charge < -0.3 is 21.3 Å². The number of hydrogen-bond acceptors (Lipinski definition) is 4. The summed E-state index contributed by atoms with van der Waals surface area (Å²) < 4.78 is 0. The van der Waals surface area contributed by atoms with Crippen molar-refractivity contribution in [1.82, 2.24) is 5.32 Å². The number of carbonyl (C=O) groups excluding carboxylic acids is 1. The first-order chi connectivity index (χ1) is 9.47. The Morgan fingerprint density at radius 2 is 1.90 bits per heavy atom. The Labute approximate surface area is 116 Å². The molecule has 0 aromatic heterocycles. The molecular weight excluding hydrogens is 260 g/mol. The molecule has 2 rings (SSSR count). The second kappa shape index (κ2) is 5.92. The summed E-state index contributed by atoms with van der Waals surface area (Å²) >= 11 is 0. The van der Waals surface area contributed by atoms with Crippen molar-refractivity contribution in [3.05, 3.63) is 29.8 Å². The number of nitrogens with one attached hydrogen (secondary N) is 1. The van der Waals surface area contributed by atoms with E-state index in [0.29, 0.717) is 6.42 Å². The maximum absolute atomic E-state index is 11.9. The number of rotatable bonds is 6. The largest absolute Gasteiger partial charge is 0.508 e. The van der Waals surface area contributed by atoms with Crippen molar-refractivity contribution in [3.63, 3.8) is 0 Å². The van der Waals surface area contributed by atoms with Gasteiger partial charge in [-0.05, 0) is 42.9 Å². The fourth-order valence-corrected chi connectivity index (χ4v) is 2.05. The first-order valence-corrected chi connectivity index (χ1v) is 6.54. The van der Waals surface area contributed by atoms with Crippen LogP contribution in [0.5, 0.6) is 5.75 Å². The van der Waals surface area contributed by atoms with Crippen molar-refractivity contribution in [2.75, 3.05) is 0 Å². The summed E-state index contributed by atoms with van der Waals surface area (Å²) in [7, 11) is 0. The molecule has 1 aromatic rings. The molecule has 0 bridgehead atoms. The number of aliphatic carboxylic acids is 1. The van der Waals surface area contributed by atoms with E-state index >= 15 is 0 Å². The van der Waals surface area contributed by atoms with Gasteiger partial charge in [0.25, 0.3) is 0 Å². The smallest absolute Gasteiger partial charge is 0.326 e. The summed E-state index contributed by atoms with van der Waals surface area (Å²) in [5.74, 6) is -1.31. The van der Waals surface area contributed by atoms with Gasteiger partial charge in [0.15, 0.2) is 0 Å². The van der Waals surface area contributed by atoms with Crippen LogP contribution in [-0.2, 0) is 16.0 Å². The number of benzene rings is 1. The number of phenols is 1. The van der Waals surface area contributed by atoms with Crippen LogP contribution in [0.25, 0.3) is 0 Å². The molecule has 108 valence electrons. The van der Waals surface area contributed by atoms with Crippen LogP contribution in [0, 0.1) is 5.92 Å². The fourth-order valence-electron chi connectivity index (χ4n) is 2.05. The molecule has 2 atom stereocenters. The van der Waals surface area contributed by atoms with Gasteiger partial charge in [0, 0.05) is 0 Å². The van der Waals surface area contributed by atoms with Crippen LogP contribution in [0.4, 0.5) is 0 Å². The Balaban J connectivity index is 1.91. The van der Waals surface area contributed by atoms with Gasteiger partial charge in [-0.1, -0.05) is 12.1 Å². The molecule has 1 fully saturated rings. The Kier molecular flexibility index (Phi) is 4.24. The number of nitrogens with two attached hydrogens (primary N) is 1. The van der Waals surface area contributed by atoms with Gasteiger partial charge in [0.05, 0.1) is 6.04 Å². The first-order valence-electron chi connectivity index (χ1n) is 6.54. The Morgan fingerprint density at radius 1 is 1.30 bits per heavy atom. The van der Waals surface area contributed by atoms with E-state index in [9.17, 15) is 14.7 Å². The van der Waals surface area contributed by atoms with Crippen molar-refractivity contribution < 1.29 is 19.8 Å². The Bertz CT molecular complexity index is 496. The molecule has 1 aromatic carbocycles. The Hall–Kier alpha value is -2.08. The maximum atomic E-state index is 11.9. The van der Waals surface area contributed by atoms with Crippen molar-refractivity contribution in [1.29, 1.82) is 0 Å². The molecule has 1 saturated carbocycles. The van der Waals surface area contributed by atoms with Gasteiger partial charge in [0.1, 0.15) is 11.8 Å². The summed E-state index contributed by atoms with van der Waals surface area (Å²) in [6.07, 6.45) is 1.94. The van der Waals surface area contributed by atoms with Gasteiger partial charge >= 0.3 is 5.97 Å². The molecule has 0 radical (unpaired) electrons. The van der Waals surface area contributed by atoms with Crippen LogP contribution in [-0.4, -0.2) is 34.2 Å². The maximum Gasteiger partial charge on any atom is 0.326 e. The highest BCUT2D eigenvalue weighted by atomic mass is 16.4. The lowest BCUT2D eigenvalue weighted by molar-refractivity contribution is -0.142. The third-order valence-electron chi connectivity index (χ3n) is 3.39. The van der Waals surface area contributed by atoms with Crippen LogP contribution in [0.1, 0.15) is 18.4 Å². The number of carbonyl (C=O) groups is 2. The van der Waals surface area contributed by atoms with E-state index in [-0.39, 0.29) is 11.7 Å². The lowest BCUT2D eigenvalue weighted by Crippen LogP contribution is -2.50. The number of carboxylic acid groups (broad SMARTS) is 1. The minimum Gasteiger partial charge on any atom is -0.508 e. The van der Waals surface area contributed by atoms with Gasteiger partial charge in [-0.3, -0.25) is 4.79 Å². The molecule has 0 spiro atoms. The van der Waals surface area contributed by atoms with Gasteiger partial charge in [0.2, 0.25) is 5.91 Å². The zero-order valence-electron chi connectivity index (χ0n) is 11.0. The van der Waals surface area contributed by atoms with E-state index in [1.54, 1.807) is 12.1 Å². The molecule has 0 saturated heterocycles. The molecule has 5 N–H and O–H groups in total. The molecule has 20 heavy (non-hydrogen) atoms. The van der Waals surface area contributed by atoms with Crippen LogP contribution in [0.2, 0.25) is 0 Å². The van der Waals surface area contributed by atoms with Crippen molar-refractivity contribution in [3.8, 4) is 5.75 Å². The highest BCUT2D eigenvalue weighted by Crippen LogP contribution is 2.32. The van der Waals surface area contributed by atoms with Crippen LogP contribution in [0.3, 0.4) is 0 Å². The topological polar surface area (TPSA) is 113 Å². The molecule has 1 aliphatic rings. The third-order valence-corrected chi connectivity index (χ3v) is 3.39. The molecule has 1 aliphatic carbocycles. The van der Waals surface area contributed by atoms with Crippen molar-refractivity contribution >= 4 is 11.9 Å². The predicted octanol–water partition coefficient (Wildman–Crippen LogP) is 0.241. The van der Waals surface area contributed by atoms with Crippen molar-refractivity contribution in [2.45, 2.75) is 31.3 Å². The molecular formula is C14H18N2O4. The van der Waals surface area contributed by atoms with Crippen LogP contribution in [0.15, 0.2) is 24.3 Å². The number of phenolic OH excluding ortho intramolecular Hbond substituents is 1. The summed E-state index contributed by atoms with van der Waals surface area (Å²) in [5.41, 5.74) is 6.60. The number of aromatic hydroxyl groups is 1. The lowest BCUT2D eigenvalue weighted by Gasteiger charge is -2.17. The molecule has 0 aliphatic heterocycles. The molecule has 6 heteroatoms. The zero-order chi connectivity index (χ0) is 14.7. The van der Waals surface area contributed by atoms with Gasteiger partial charge in [-0.15, -0.1) is 0 Å². The van der Waals surface area contributed by atoms with E-state index in [4.69, 9.17) is 10.8 Å². The quantitative estimate of drug-likeness (QED) is 0.595. The van der Waals surface area contributed by atoms with E-state index in [0.717, 1.165) is 18.4 Å². The molecule has 1 amide bonds. The summed E-state index contributed by atoms with van der Waals surface area (Å²) in [6, 6.07) is 4.75. The number of carboxylic acids is 1. The Morgan fingerprint density at radius 3 is 2.40 bits per heavy atom.